The summed E-state index contributed by atoms with van der Waals surface area (Å²) >= 11 is 4.84. The molecule has 0 radical (unpaired) electrons. The van der Waals surface area contributed by atoms with Gasteiger partial charge >= 0.3 is 0 Å². The Morgan fingerprint density at radius 3 is 2.65 bits per heavy atom. The SMILES string of the molecule is Cc1nnc(NC(=O)c2cc(C)n(-c3cccc(Br)c3)c2C)s1. The number of carbonyl (C=O) groups excluding carboxylic acids is 1. The minimum Gasteiger partial charge on any atom is -0.318 e. The summed E-state index contributed by atoms with van der Waals surface area (Å²) in [5, 5.41) is 12.0. The molecule has 0 saturated carbocycles. The van der Waals surface area contributed by atoms with E-state index in [1.54, 1.807) is 0 Å². The van der Waals surface area contributed by atoms with Crippen LogP contribution < -0.4 is 5.32 Å². The fraction of sp³-hybridized carbons (Fsp3) is 0.188. The molecule has 0 bridgehead atoms. The van der Waals surface area contributed by atoms with Gasteiger partial charge in [0.25, 0.3) is 5.91 Å². The van der Waals surface area contributed by atoms with E-state index in [0.29, 0.717) is 10.7 Å². The highest BCUT2D eigenvalue weighted by atomic mass is 79.9. The molecular formula is C16H15BrN4OS. The first kappa shape index (κ1) is 15.9. The van der Waals surface area contributed by atoms with E-state index >= 15 is 0 Å². The molecule has 23 heavy (non-hydrogen) atoms. The third-order valence-corrected chi connectivity index (χ3v) is 4.74. The zero-order chi connectivity index (χ0) is 16.6. The Bertz CT molecular complexity index is 884. The molecule has 0 aliphatic carbocycles. The highest BCUT2D eigenvalue weighted by molar-refractivity contribution is 9.10. The molecule has 0 atom stereocenters. The predicted molar refractivity (Wildman–Crippen MR) is 95.5 cm³/mol. The molecular weight excluding hydrogens is 376 g/mol. The third-order valence-electron chi connectivity index (χ3n) is 3.49. The summed E-state index contributed by atoms with van der Waals surface area (Å²) in [6.45, 7) is 5.78. The minimum atomic E-state index is -0.171. The maximum atomic E-state index is 12.5. The van der Waals surface area contributed by atoms with Crippen molar-refractivity contribution < 1.29 is 4.79 Å². The standard InChI is InChI=1S/C16H15BrN4OS/c1-9-7-14(15(22)18-16-20-19-11(3)23-16)10(2)21(9)13-6-4-5-12(17)8-13/h4-8H,1-3H3,(H,18,20,22). The fourth-order valence-electron chi connectivity index (χ4n) is 2.52. The van der Waals surface area contributed by atoms with Gasteiger partial charge in [-0.05, 0) is 45.0 Å². The molecule has 2 heterocycles. The van der Waals surface area contributed by atoms with Crippen LogP contribution >= 0.6 is 27.3 Å². The number of amides is 1. The van der Waals surface area contributed by atoms with Crippen LogP contribution in [-0.4, -0.2) is 20.7 Å². The second-order valence-corrected chi connectivity index (χ2v) is 7.28. The molecule has 1 amide bonds. The summed E-state index contributed by atoms with van der Waals surface area (Å²) < 4.78 is 3.06. The van der Waals surface area contributed by atoms with Gasteiger partial charge in [-0.1, -0.05) is 33.3 Å². The van der Waals surface area contributed by atoms with Gasteiger partial charge in [0.1, 0.15) is 5.01 Å². The van der Waals surface area contributed by atoms with E-state index in [0.717, 1.165) is 26.6 Å². The molecule has 0 aliphatic rings. The molecule has 0 spiro atoms. The average molecular weight is 391 g/mol. The van der Waals surface area contributed by atoms with Crippen molar-refractivity contribution in [1.82, 2.24) is 14.8 Å². The van der Waals surface area contributed by atoms with Crippen LogP contribution in [0.15, 0.2) is 34.8 Å². The van der Waals surface area contributed by atoms with Gasteiger partial charge in [0, 0.05) is 21.5 Å². The summed E-state index contributed by atoms with van der Waals surface area (Å²) in [6.07, 6.45) is 0. The van der Waals surface area contributed by atoms with Gasteiger partial charge in [0.2, 0.25) is 5.13 Å². The van der Waals surface area contributed by atoms with Crippen molar-refractivity contribution in [3.05, 3.63) is 56.8 Å². The summed E-state index contributed by atoms with van der Waals surface area (Å²) in [7, 11) is 0. The van der Waals surface area contributed by atoms with Gasteiger partial charge < -0.3 is 4.57 Å². The topological polar surface area (TPSA) is 59.8 Å². The Morgan fingerprint density at radius 2 is 2.00 bits per heavy atom. The smallest absolute Gasteiger partial charge is 0.259 e. The van der Waals surface area contributed by atoms with E-state index in [4.69, 9.17) is 0 Å². The normalized spacial score (nSPS) is 10.8. The number of hydrogen-bond donors (Lipinski definition) is 1. The van der Waals surface area contributed by atoms with Crippen molar-refractivity contribution >= 4 is 38.3 Å². The number of anilines is 1. The molecule has 0 aliphatic heterocycles. The van der Waals surface area contributed by atoms with Gasteiger partial charge in [-0.15, -0.1) is 10.2 Å². The summed E-state index contributed by atoms with van der Waals surface area (Å²) in [4.78, 5) is 12.5. The summed E-state index contributed by atoms with van der Waals surface area (Å²) in [5.74, 6) is -0.171. The summed E-state index contributed by atoms with van der Waals surface area (Å²) in [5.41, 5.74) is 3.54. The Hall–Kier alpha value is -1.99. The van der Waals surface area contributed by atoms with Crippen LogP contribution in [0.2, 0.25) is 0 Å². The number of rotatable bonds is 3. The average Bonchev–Trinajstić information content (AvgIpc) is 3.02. The van der Waals surface area contributed by atoms with Crippen molar-refractivity contribution in [1.29, 1.82) is 0 Å². The third kappa shape index (κ3) is 3.20. The molecule has 2 aromatic heterocycles. The number of aryl methyl sites for hydroxylation is 2. The maximum absolute atomic E-state index is 12.5. The van der Waals surface area contributed by atoms with Gasteiger partial charge in [0.15, 0.2) is 0 Å². The lowest BCUT2D eigenvalue weighted by molar-refractivity contribution is 0.102. The van der Waals surface area contributed by atoms with Crippen LogP contribution in [0.3, 0.4) is 0 Å². The van der Waals surface area contributed by atoms with E-state index < -0.39 is 0 Å². The molecule has 7 heteroatoms. The van der Waals surface area contributed by atoms with Crippen LogP contribution in [0.4, 0.5) is 5.13 Å². The minimum absolute atomic E-state index is 0.171. The molecule has 5 nitrogen and oxygen atoms in total. The van der Waals surface area contributed by atoms with E-state index in [1.165, 1.54) is 11.3 Å². The number of nitrogens with zero attached hydrogens (tertiary/aromatic N) is 3. The first-order chi connectivity index (χ1) is 11.0. The maximum Gasteiger partial charge on any atom is 0.259 e. The van der Waals surface area contributed by atoms with Gasteiger partial charge in [0.05, 0.1) is 5.56 Å². The van der Waals surface area contributed by atoms with Crippen molar-refractivity contribution in [2.24, 2.45) is 0 Å². The number of hydrogen-bond acceptors (Lipinski definition) is 4. The molecule has 0 fully saturated rings. The lowest BCUT2D eigenvalue weighted by Gasteiger charge is -2.10. The molecule has 3 aromatic rings. The van der Waals surface area contributed by atoms with Crippen molar-refractivity contribution in [2.75, 3.05) is 5.32 Å². The largest absolute Gasteiger partial charge is 0.318 e. The van der Waals surface area contributed by atoms with Crippen LogP contribution in [0.5, 0.6) is 0 Å². The monoisotopic (exact) mass is 390 g/mol. The van der Waals surface area contributed by atoms with E-state index in [-0.39, 0.29) is 5.91 Å². The Morgan fingerprint density at radius 1 is 1.22 bits per heavy atom. The van der Waals surface area contributed by atoms with Crippen molar-refractivity contribution in [3.8, 4) is 5.69 Å². The molecule has 3 rings (SSSR count). The fourth-order valence-corrected chi connectivity index (χ4v) is 3.49. The Balaban J connectivity index is 1.95. The van der Waals surface area contributed by atoms with Gasteiger partial charge in [-0.2, -0.15) is 0 Å². The highest BCUT2D eigenvalue weighted by Gasteiger charge is 2.18. The van der Waals surface area contributed by atoms with Crippen LogP contribution in [0.1, 0.15) is 26.8 Å². The Kier molecular flexibility index (Phi) is 4.32. The van der Waals surface area contributed by atoms with Gasteiger partial charge in [-0.25, -0.2) is 0 Å². The van der Waals surface area contributed by atoms with Crippen LogP contribution in [-0.2, 0) is 0 Å². The zero-order valence-electron chi connectivity index (χ0n) is 12.9. The summed E-state index contributed by atoms with van der Waals surface area (Å²) in [6, 6.07) is 9.88. The highest BCUT2D eigenvalue weighted by Crippen LogP contribution is 2.24. The van der Waals surface area contributed by atoms with Crippen molar-refractivity contribution in [2.45, 2.75) is 20.8 Å². The first-order valence-corrected chi connectivity index (χ1v) is 8.63. The van der Waals surface area contributed by atoms with Crippen LogP contribution in [0.25, 0.3) is 5.69 Å². The zero-order valence-corrected chi connectivity index (χ0v) is 15.3. The molecule has 0 unspecified atom stereocenters. The van der Waals surface area contributed by atoms with E-state index in [1.807, 2.05) is 51.1 Å². The van der Waals surface area contributed by atoms with Crippen LogP contribution in [0, 0.1) is 20.8 Å². The molecule has 118 valence electrons. The molecule has 0 saturated heterocycles. The second kappa shape index (κ2) is 6.25. The van der Waals surface area contributed by atoms with Crippen molar-refractivity contribution in [3.63, 3.8) is 0 Å². The number of halogens is 1. The number of aromatic nitrogens is 3. The number of benzene rings is 1. The quantitative estimate of drug-likeness (QED) is 0.726. The lowest BCUT2D eigenvalue weighted by atomic mass is 10.2. The first-order valence-electron chi connectivity index (χ1n) is 7.02. The number of carbonyl (C=O) groups is 1. The Labute approximate surface area is 146 Å². The predicted octanol–water partition coefficient (Wildman–Crippen LogP) is 4.27. The second-order valence-electron chi connectivity index (χ2n) is 5.18. The van der Waals surface area contributed by atoms with Gasteiger partial charge in [-0.3, -0.25) is 10.1 Å². The number of nitrogens with one attached hydrogen (secondary N) is 1. The van der Waals surface area contributed by atoms with E-state index in [9.17, 15) is 4.79 Å². The lowest BCUT2D eigenvalue weighted by Crippen LogP contribution is -2.13. The molecule has 1 N–H and O–H groups in total. The van der Waals surface area contributed by atoms with E-state index in [2.05, 4.69) is 36.0 Å². The molecule has 1 aromatic carbocycles.